The molecule has 2 aromatic carbocycles. The van der Waals surface area contributed by atoms with Crippen LogP contribution in [0.25, 0.3) is 10.4 Å². The second-order valence-corrected chi connectivity index (χ2v) is 9.16. The molecule has 29 heavy (non-hydrogen) atoms. The first-order chi connectivity index (χ1) is 14.2. The van der Waals surface area contributed by atoms with Crippen molar-refractivity contribution in [3.63, 3.8) is 0 Å². The van der Waals surface area contributed by atoms with Gasteiger partial charge in [0.1, 0.15) is 6.61 Å². The lowest BCUT2D eigenvalue weighted by molar-refractivity contribution is 0.0703. The highest BCUT2D eigenvalue weighted by Crippen LogP contribution is 2.30. The first-order valence-corrected chi connectivity index (χ1v) is 11.3. The smallest absolute Gasteiger partial charge is 0.410 e. The molecule has 0 atom stereocenters. The van der Waals surface area contributed by atoms with Gasteiger partial charge in [0.05, 0.1) is 0 Å². The fourth-order valence-corrected chi connectivity index (χ4v) is 4.67. The highest BCUT2D eigenvalue weighted by Gasteiger charge is 2.22. The number of hydrogen-bond acceptors (Lipinski definition) is 4. The van der Waals surface area contributed by atoms with Gasteiger partial charge in [-0.05, 0) is 35.4 Å². The third kappa shape index (κ3) is 5.47. The lowest BCUT2D eigenvalue weighted by Crippen LogP contribution is -2.48. The van der Waals surface area contributed by atoms with Gasteiger partial charge in [0.25, 0.3) is 0 Å². The molecule has 6 heteroatoms. The number of ether oxygens (including phenoxy) is 1. The van der Waals surface area contributed by atoms with E-state index in [9.17, 15) is 4.79 Å². The zero-order valence-corrected chi connectivity index (χ0v) is 18.5. The maximum Gasteiger partial charge on any atom is 0.410 e. The van der Waals surface area contributed by atoms with Crippen molar-refractivity contribution < 1.29 is 9.53 Å². The first-order valence-electron chi connectivity index (χ1n) is 9.70. The minimum absolute atomic E-state index is 0.220. The number of nitrogens with zero attached hydrogens (tertiary/aromatic N) is 2. The normalized spacial score (nSPS) is 14.7. The number of carbonyl (C=O) groups is 1. The molecule has 1 saturated heterocycles. The molecule has 0 spiro atoms. The molecule has 4 nitrogen and oxygen atoms in total. The van der Waals surface area contributed by atoms with Crippen LogP contribution in [-0.4, -0.2) is 42.1 Å². The van der Waals surface area contributed by atoms with Crippen LogP contribution >= 0.6 is 27.3 Å². The lowest BCUT2D eigenvalue weighted by Gasteiger charge is -2.33. The zero-order valence-electron chi connectivity index (χ0n) is 16.1. The van der Waals surface area contributed by atoms with Crippen LogP contribution < -0.4 is 0 Å². The van der Waals surface area contributed by atoms with Crippen molar-refractivity contribution in [3.8, 4) is 10.4 Å². The van der Waals surface area contributed by atoms with Gasteiger partial charge < -0.3 is 9.64 Å². The fraction of sp³-hybridized carbons (Fsp3) is 0.261. The largest absolute Gasteiger partial charge is 0.445 e. The van der Waals surface area contributed by atoms with Crippen LogP contribution in [0.1, 0.15) is 10.4 Å². The standard InChI is InChI=1S/C23H23BrN2O2S/c24-20-8-6-19(7-9-20)22-11-10-21(29-22)16-25-12-14-26(15-13-25)23(27)28-17-18-4-2-1-3-5-18/h1-11H,12-17H2. The molecule has 4 rings (SSSR count). The molecule has 150 valence electrons. The Labute approximate surface area is 183 Å². The number of hydrogen-bond donors (Lipinski definition) is 0. The van der Waals surface area contributed by atoms with Gasteiger partial charge in [-0.15, -0.1) is 11.3 Å². The van der Waals surface area contributed by atoms with E-state index in [-0.39, 0.29) is 6.09 Å². The summed E-state index contributed by atoms with van der Waals surface area (Å²) < 4.78 is 6.54. The number of carbonyl (C=O) groups excluding carboxylic acids is 1. The monoisotopic (exact) mass is 470 g/mol. The van der Waals surface area contributed by atoms with E-state index in [0.29, 0.717) is 19.7 Å². The number of amides is 1. The summed E-state index contributed by atoms with van der Waals surface area (Å²) >= 11 is 5.32. The predicted molar refractivity (Wildman–Crippen MR) is 121 cm³/mol. The van der Waals surface area contributed by atoms with E-state index >= 15 is 0 Å². The number of piperazine rings is 1. The molecule has 0 bridgehead atoms. The maximum atomic E-state index is 12.3. The lowest BCUT2D eigenvalue weighted by atomic mass is 10.2. The fourth-order valence-electron chi connectivity index (χ4n) is 3.35. The van der Waals surface area contributed by atoms with Crippen molar-refractivity contribution in [1.29, 1.82) is 0 Å². The summed E-state index contributed by atoms with van der Waals surface area (Å²) in [5, 5.41) is 0. The van der Waals surface area contributed by atoms with Crippen molar-refractivity contribution in [2.45, 2.75) is 13.2 Å². The summed E-state index contributed by atoms with van der Waals surface area (Å²) in [6.45, 7) is 4.40. The Morgan fingerprint density at radius 1 is 0.931 bits per heavy atom. The van der Waals surface area contributed by atoms with E-state index in [0.717, 1.165) is 29.7 Å². The van der Waals surface area contributed by atoms with Crippen molar-refractivity contribution in [2.24, 2.45) is 0 Å². The Balaban J connectivity index is 1.25. The summed E-state index contributed by atoms with van der Waals surface area (Å²) in [5.41, 5.74) is 2.26. The Morgan fingerprint density at radius 3 is 2.38 bits per heavy atom. The summed E-state index contributed by atoms with van der Waals surface area (Å²) in [6.07, 6.45) is -0.220. The van der Waals surface area contributed by atoms with Crippen LogP contribution in [0.5, 0.6) is 0 Å². The number of thiophene rings is 1. The summed E-state index contributed by atoms with van der Waals surface area (Å²) in [5.74, 6) is 0. The van der Waals surface area contributed by atoms with Crippen molar-refractivity contribution in [1.82, 2.24) is 9.80 Å². The maximum absolute atomic E-state index is 12.3. The Morgan fingerprint density at radius 2 is 1.66 bits per heavy atom. The van der Waals surface area contributed by atoms with Crippen molar-refractivity contribution in [3.05, 3.63) is 81.6 Å². The van der Waals surface area contributed by atoms with Gasteiger partial charge in [0.15, 0.2) is 0 Å². The number of rotatable bonds is 5. The van der Waals surface area contributed by atoms with Gasteiger partial charge in [-0.3, -0.25) is 4.90 Å². The van der Waals surface area contributed by atoms with E-state index in [1.165, 1.54) is 15.3 Å². The van der Waals surface area contributed by atoms with Crippen LogP contribution in [-0.2, 0) is 17.9 Å². The van der Waals surface area contributed by atoms with Gasteiger partial charge in [-0.2, -0.15) is 0 Å². The molecule has 1 aliphatic rings. The second kappa shape index (κ2) is 9.57. The van der Waals surface area contributed by atoms with Gasteiger partial charge in [0.2, 0.25) is 0 Å². The quantitative estimate of drug-likeness (QED) is 0.484. The second-order valence-electron chi connectivity index (χ2n) is 7.08. The van der Waals surface area contributed by atoms with Crippen LogP contribution in [0, 0.1) is 0 Å². The molecule has 2 heterocycles. The van der Waals surface area contributed by atoms with E-state index in [4.69, 9.17) is 4.74 Å². The molecular formula is C23H23BrN2O2S. The third-order valence-electron chi connectivity index (χ3n) is 5.01. The topological polar surface area (TPSA) is 32.8 Å². The van der Waals surface area contributed by atoms with Crippen LogP contribution in [0.2, 0.25) is 0 Å². The molecule has 0 aliphatic carbocycles. The van der Waals surface area contributed by atoms with E-state index in [1.54, 1.807) is 4.90 Å². The average molecular weight is 471 g/mol. The molecule has 0 N–H and O–H groups in total. The number of benzene rings is 2. The van der Waals surface area contributed by atoms with E-state index in [2.05, 4.69) is 57.2 Å². The highest BCUT2D eigenvalue weighted by molar-refractivity contribution is 9.10. The van der Waals surface area contributed by atoms with Gasteiger partial charge in [-0.1, -0.05) is 58.4 Å². The predicted octanol–water partition coefficient (Wildman–Crippen LogP) is 5.63. The first kappa shape index (κ1) is 20.1. The minimum atomic E-state index is -0.220. The van der Waals surface area contributed by atoms with Crippen LogP contribution in [0.15, 0.2) is 71.2 Å². The van der Waals surface area contributed by atoms with Gasteiger partial charge >= 0.3 is 6.09 Å². The Hall–Kier alpha value is -2.15. The molecule has 0 saturated carbocycles. The van der Waals surface area contributed by atoms with E-state index < -0.39 is 0 Å². The van der Waals surface area contributed by atoms with Crippen molar-refractivity contribution >= 4 is 33.4 Å². The Kier molecular flexibility index (Phi) is 6.64. The summed E-state index contributed by atoms with van der Waals surface area (Å²) in [6, 6.07) is 22.6. The molecule has 1 amide bonds. The highest BCUT2D eigenvalue weighted by atomic mass is 79.9. The summed E-state index contributed by atoms with van der Waals surface area (Å²) in [4.78, 5) is 19.1. The molecule has 0 unspecified atom stereocenters. The molecule has 3 aromatic rings. The molecule has 0 radical (unpaired) electrons. The molecule has 1 aromatic heterocycles. The zero-order chi connectivity index (χ0) is 20.1. The van der Waals surface area contributed by atoms with Crippen LogP contribution in [0.4, 0.5) is 4.79 Å². The Bertz CT molecular complexity index is 935. The molecular weight excluding hydrogens is 448 g/mol. The molecule has 1 fully saturated rings. The molecule has 1 aliphatic heterocycles. The summed E-state index contributed by atoms with van der Waals surface area (Å²) in [7, 11) is 0. The average Bonchev–Trinajstić information content (AvgIpc) is 3.22. The minimum Gasteiger partial charge on any atom is -0.445 e. The SMILES string of the molecule is O=C(OCc1ccccc1)N1CCN(Cc2ccc(-c3ccc(Br)cc3)s2)CC1. The van der Waals surface area contributed by atoms with Crippen LogP contribution in [0.3, 0.4) is 0 Å². The number of halogens is 1. The van der Waals surface area contributed by atoms with E-state index in [1.807, 2.05) is 41.7 Å². The van der Waals surface area contributed by atoms with Gasteiger partial charge in [-0.25, -0.2) is 4.79 Å². The third-order valence-corrected chi connectivity index (χ3v) is 6.65. The van der Waals surface area contributed by atoms with Gasteiger partial charge in [0, 0.05) is 47.0 Å². The van der Waals surface area contributed by atoms with Crippen molar-refractivity contribution in [2.75, 3.05) is 26.2 Å².